The Hall–Kier alpha value is -1.72. The molecule has 1 aliphatic rings. The van der Waals surface area contributed by atoms with Gasteiger partial charge in [0.05, 0.1) is 6.20 Å². The predicted octanol–water partition coefficient (Wildman–Crippen LogP) is 2.31. The summed E-state index contributed by atoms with van der Waals surface area (Å²) in [6, 6.07) is 0. The first kappa shape index (κ1) is 14.7. The summed E-state index contributed by atoms with van der Waals surface area (Å²) in [5, 5.41) is 2.47. The fraction of sp³-hybridized carbons (Fsp3) is 0.643. The van der Waals surface area contributed by atoms with Gasteiger partial charge in [0.1, 0.15) is 0 Å². The molecule has 6 heteroatoms. The summed E-state index contributed by atoms with van der Waals surface area (Å²) in [4.78, 5) is 28.8. The van der Waals surface area contributed by atoms with Gasteiger partial charge >= 0.3 is 5.69 Å². The largest absolute Gasteiger partial charge is 0.346 e. The quantitative estimate of drug-likeness (QED) is 0.873. The van der Waals surface area contributed by atoms with Crippen molar-refractivity contribution in [1.29, 1.82) is 0 Å². The number of anilines is 1. The van der Waals surface area contributed by atoms with Crippen LogP contribution in [0.3, 0.4) is 0 Å². The molecule has 1 saturated carbocycles. The lowest BCUT2D eigenvalue weighted by Crippen LogP contribution is -2.35. The number of nitrogens with zero attached hydrogens (tertiary/aromatic N) is 1. The van der Waals surface area contributed by atoms with E-state index in [9.17, 15) is 14.0 Å². The maximum absolute atomic E-state index is 13.5. The first-order valence-corrected chi connectivity index (χ1v) is 6.82. The van der Waals surface area contributed by atoms with Gasteiger partial charge in [-0.1, -0.05) is 20.8 Å². The van der Waals surface area contributed by atoms with Crippen molar-refractivity contribution in [3.63, 3.8) is 0 Å². The van der Waals surface area contributed by atoms with Crippen LogP contribution in [0, 0.1) is 23.1 Å². The van der Waals surface area contributed by atoms with Crippen LogP contribution in [0.25, 0.3) is 0 Å². The maximum atomic E-state index is 13.5. The second kappa shape index (κ2) is 5.34. The first-order valence-electron chi connectivity index (χ1n) is 6.82. The normalized spacial score (nSPS) is 25.2. The lowest BCUT2D eigenvalue weighted by Gasteiger charge is -2.38. The Morgan fingerprint density at radius 2 is 2.20 bits per heavy atom. The molecule has 1 amide bonds. The molecule has 1 fully saturated rings. The highest BCUT2D eigenvalue weighted by molar-refractivity contribution is 5.91. The molecule has 0 bridgehead atoms. The molecular weight excluding hydrogens is 261 g/mol. The van der Waals surface area contributed by atoms with Crippen molar-refractivity contribution in [3.05, 3.63) is 22.5 Å². The number of nitrogens with one attached hydrogen (secondary N) is 2. The molecule has 110 valence electrons. The third kappa shape index (κ3) is 3.43. The minimum Gasteiger partial charge on any atom is -0.309 e. The molecule has 0 aliphatic heterocycles. The van der Waals surface area contributed by atoms with Crippen molar-refractivity contribution in [2.24, 2.45) is 17.3 Å². The van der Waals surface area contributed by atoms with Crippen LogP contribution in [-0.4, -0.2) is 15.9 Å². The predicted molar refractivity (Wildman–Crippen MR) is 73.7 cm³/mol. The molecule has 20 heavy (non-hydrogen) atoms. The summed E-state index contributed by atoms with van der Waals surface area (Å²) in [5.41, 5.74) is -0.580. The van der Waals surface area contributed by atoms with Crippen molar-refractivity contribution < 1.29 is 9.18 Å². The molecule has 1 aliphatic carbocycles. The minimum atomic E-state index is -0.735. The van der Waals surface area contributed by atoms with Gasteiger partial charge in [-0.25, -0.2) is 9.18 Å². The van der Waals surface area contributed by atoms with E-state index in [2.05, 4.69) is 36.1 Å². The summed E-state index contributed by atoms with van der Waals surface area (Å²) in [6.07, 6.45) is 3.44. The number of halogens is 1. The molecule has 2 atom stereocenters. The smallest absolute Gasteiger partial charge is 0.309 e. The fourth-order valence-corrected chi connectivity index (χ4v) is 3.24. The first-order chi connectivity index (χ1) is 9.27. The highest BCUT2D eigenvalue weighted by Crippen LogP contribution is 2.41. The zero-order chi connectivity index (χ0) is 14.9. The van der Waals surface area contributed by atoms with Gasteiger partial charge in [-0.3, -0.25) is 9.78 Å². The Balaban J connectivity index is 2.12. The standard InChI is InChI=1S/C14H20FN3O2/c1-8-4-9(6-14(2,3)5-8)12(19)17-11-10(15)7-16-13(20)18-11/h7-9H,4-6H2,1-3H3,(H2,16,17,18,19,20)/t8-,9+/m1/s1. The van der Waals surface area contributed by atoms with Crippen LogP contribution in [0.2, 0.25) is 0 Å². The van der Waals surface area contributed by atoms with Crippen LogP contribution >= 0.6 is 0 Å². The van der Waals surface area contributed by atoms with Crippen molar-refractivity contribution in [3.8, 4) is 0 Å². The zero-order valence-corrected chi connectivity index (χ0v) is 12.0. The van der Waals surface area contributed by atoms with E-state index >= 15 is 0 Å². The van der Waals surface area contributed by atoms with Gasteiger partial charge in [0.15, 0.2) is 11.6 Å². The number of H-pyrrole nitrogens is 1. The van der Waals surface area contributed by atoms with Crippen molar-refractivity contribution in [1.82, 2.24) is 9.97 Å². The van der Waals surface area contributed by atoms with E-state index in [1.807, 2.05) is 0 Å². The number of rotatable bonds is 2. The third-order valence-electron chi connectivity index (χ3n) is 3.77. The Morgan fingerprint density at radius 1 is 1.50 bits per heavy atom. The second-order valence-corrected chi connectivity index (χ2v) is 6.51. The molecule has 1 aromatic heterocycles. The molecule has 2 rings (SSSR count). The molecule has 2 N–H and O–H groups in total. The third-order valence-corrected chi connectivity index (χ3v) is 3.77. The highest BCUT2D eigenvalue weighted by atomic mass is 19.1. The van der Waals surface area contributed by atoms with E-state index < -0.39 is 11.5 Å². The maximum Gasteiger partial charge on any atom is 0.346 e. The average Bonchev–Trinajstić information content (AvgIpc) is 2.31. The number of carbonyl (C=O) groups is 1. The van der Waals surface area contributed by atoms with Gasteiger partial charge in [-0.05, 0) is 30.6 Å². The second-order valence-electron chi connectivity index (χ2n) is 6.51. The highest BCUT2D eigenvalue weighted by Gasteiger charge is 2.35. The van der Waals surface area contributed by atoms with Gasteiger partial charge < -0.3 is 5.32 Å². The van der Waals surface area contributed by atoms with E-state index in [0.717, 1.165) is 25.5 Å². The number of hydrogen-bond donors (Lipinski definition) is 2. The van der Waals surface area contributed by atoms with Gasteiger partial charge in [-0.2, -0.15) is 4.98 Å². The van der Waals surface area contributed by atoms with Crippen molar-refractivity contribution in [2.75, 3.05) is 5.32 Å². The van der Waals surface area contributed by atoms with Crippen LogP contribution in [0.1, 0.15) is 40.0 Å². The molecule has 0 saturated heterocycles. The van der Waals surface area contributed by atoms with E-state index in [1.54, 1.807) is 0 Å². The lowest BCUT2D eigenvalue weighted by atomic mass is 9.68. The monoisotopic (exact) mass is 281 g/mol. The van der Waals surface area contributed by atoms with Crippen LogP contribution in [0.4, 0.5) is 10.2 Å². The molecule has 1 aromatic rings. The van der Waals surface area contributed by atoms with Crippen LogP contribution in [0.5, 0.6) is 0 Å². The number of aromatic amines is 1. The van der Waals surface area contributed by atoms with E-state index in [1.165, 1.54) is 0 Å². The Morgan fingerprint density at radius 3 is 2.85 bits per heavy atom. The SMILES string of the molecule is C[C@@H]1C[C@H](C(=O)Nc2[nH]c(=O)ncc2F)CC(C)(C)C1. The molecule has 0 spiro atoms. The van der Waals surface area contributed by atoms with Gasteiger partial charge in [0.25, 0.3) is 0 Å². The topological polar surface area (TPSA) is 74.8 Å². The van der Waals surface area contributed by atoms with Crippen molar-refractivity contribution in [2.45, 2.75) is 40.0 Å². The van der Waals surface area contributed by atoms with Gasteiger partial charge in [0.2, 0.25) is 5.91 Å². The summed E-state index contributed by atoms with van der Waals surface area (Å²) >= 11 is 0. The molecule has 0 radical (unpaired) electrons. The molecule has 5 nitrogen and oxygen atoms in total. The van der Waals surface area contributed by atoms with Crippen molar-refractivity contribution >= 4 is 11.7 Å². The van der Waals surface area contributed by atoms with E-state index in [4.69, 9.17) is 0 Å². The number of hydrogen-bond acceptors (Lipinski definition) is 3. The fourth-order valence-electron chi connectivity index (χ4n) is 3.24. The molecule has 0 unspecified atom stereocenters. The Kier molecular flexibility index (Phi) is 3.92. The lowest BCUT2D eigenvalue weighted by molar-refractivity contribution is -0.122. The summed E-state index contributed by atoms with van der Waals surface area (Å²) in [7, 11) is 0. The molecule has 0 aromatic carbocycles. The van der Waals surface area contributed by atoms with Crippen LogP contribution < -0.4 is 11.0 Å². The number of amides is 1. The van der Waals surface area contributed by atoms with Gasteiger partial charge in [-0.15, -0.1) is 0 Å². The Labute approximate surface area is 117 Å². The summed E-state index contributed by atoms with van der Waals surface area (Å²) in [5.74, 6) is -0.891. The summed E-state index contributed by atoms with van der Waals surface area (Å²) in [6.45, 7) is 6.39. The minimum absolute atomic E-state index is 0.101. The molecule has 1 heterocycles. The van der Waals surface area contributed by atoms with Gasteiger partial charge in [0, 0.05) is 5.92 Å². The van der Waals surface area contributed by atoms with Crippen LogP contribution in [0.15, 0.2) is 11.0 Å². The average molecular weight is 281 g/mol. The van der Waals surface area contributed by atoms with E-state index in [0.29, 0.717) is 5.92 Å². The Bertz CT molecular complexity index is 568. The summed E-state index contributed by atoms with van der Waals surface area (Å²) < 4.78 is 13.5. The van der Waals surface area contributed by atoms with Crippen LogP contribution in [-0.2, 0) is 4.79 Å². The zero-order valence-electron chi connectivity index (χ0n) is 12.0. The molecular formula is C14H20FN3O2. The van der Waals surface area contributed by atoms with E-state index in [-0.39, 0.29) is 23.1 Å². The number of aromatic nitrogens is 2. The number of carbonyl (C=O) groups excluding carboxylic acids is 1.